The highest BCUT2D eigenvalue weighted by atomic mass is 32.2. The third-order valence-corrected chi connectivity index (χ3v) is 5.86. The van der Waals surface area contributed by atoms with Crippen LogP contribution in [0.1, 0.15) is 39.2 Å². The molecule has 0 aromatic heterocycles. The van der Waals surface area contributed by atoms with Gasteiger partial charge in [0.2, 0.25) is 0 Å². The zero-order valence-electron chi connectivity index (χ0n) is 17.6. The molecule has 1 aromatic rings. The van der Waals surface area contributed by atoms with Gasteiger partial charge in [-0.2, -0.15) is 4.31 Å². The summed E-state index contributed by atoms with van der Waals surface area (Å²) >= 11 is 0. The number of hydrogen-bond acceptors (Lipinski definition) is 6. The predicted molar refractivity (Wildman–Crippen MR) is 111 cm³/mol. The number of ether oxygens (including phenoxy) is 2. The number of benzene rings is 1. The summed E-state index contributed by atoms with van der Waals surface area (Å²) in [7, 11) is -2.88. The van der Waals surface area contributed by atoms with Crippen LogP contribution in [0.2, 0.25) is 0 Å². The van der Waals surface area contributed by atoms with Crippen LogP contribution in [0.5, 0.6) is 0 Å². The summed E-state index contributed by atoms with van der Waals surface area (Å²) in [6.07, 6.45) is 4.16. The lowest BCUT2D eigenvalue weighted by Crippen LogP contribution is -2.38. The molecule has 0 atom stereocenters. The second-order valence-corrected chi connectivity index (χ2v) is 8.60. The Hall–Kier alpha value is -2.61. The molecule has 0 aliphatic rings. The van der Waals surface area contributed by atoms with Crippen LogP contribution in [0.15, 0.2) is 52.5 Å². The van der Waals surface area contributed by atoms with Crippen molar-refractivity contribution in [2.24, 2.45) is 0 Å². The Morgan fingerprint density at radius 1 is 1.03 bits per heavy atom. The minimum Gasteiger partial charge on any atom is -0.462 e. The van der Waals surface area contributed by atoms with Crippen molar-refractivity contribution in [1.29, 1.82) is 0 Å². The average molecular weight is 424 g/mol. The molecule has 0 bridgehead atoms. The second kappa shape index (κ2) is 11.4. The molecule has 8 heteroatoms. The van der Waals surface area contributed by atoms with E-state index in [1.165, 1.54) is 19.1 Å². The SMILES string of the molecule is COC(=O)N(C/C(C)=C/CC/C(C)=C/COC(C)=O)S(=O)(=O)c1ccc(C)cc1. The molecule has 1 amide bonds. The van der Waals surface area contributed by atoms with Crippen LogP contribution in [0, 0.1) is 6.92 Å². The van der Waals surface area contributed by atoms with Crippen molar-refractivity contribution < 1.29 is 27.5 Å². The van der Waals surface area contributed by atoms with E-state index >= 15 is 0 Å². The van der Waals surface area contributed by atoms with Crippen LogP contribution in [0.25, 0.3) is 0 Å². The first-order valence-corrected chi connectivity index (χ1v) is 10.6. The summed E-state index contributed by atoms with van der Waals surface area (Å²) < 4.78 is 36.0. The van der Waals surface area contributed by atoms with Crippen molar-refractivity contribution in [2.75, 3.05) is 20.3 Å². The molecule has 0 aliphatic heterocycles. The number of aryl methyl sites for hydroxylation is 1. The maximum atomic E-state index is 12.9. The van der Waals surface area contributed by atoms with Gasteiger partial charge in [0.25, 0.3) is 10.0 Å². The van der Waals surface area contributed by atoms with E-state index in [2.05, 4.69) is 4.74 Å². The topological polar surface area (TPSA) is 90.0 Å². The van der Waals surface area contributed by atoms with E-state index in [1.54, 1.807) is 19.1 Å². The molecule has 0 saturated heterocycles. The minimum atomic E-state index is -4.03. The van der Waals surface area contributed by atoms with Gasteiger partial charge in [-0.25, -0.2) is 13.2 Å². The molecule has 0 spiro atoms. The number of hydrogen-bond donors (Lipinski definition) is 0. The van der Waals surface area contributed by atoms with Crippen molar-refractivity contribution in [3.05, 3.63) is 53.1 Å². The first kappa shape index (κ1) is 24.4. The van der Waals surface area contributed by atoms with Gasteiger partial charge < -0.3 is 9.47 Å². The lowest BCUT2D eigenvalue weighted by molar-refractivity contribution is -0.139. The van der Waals surface area contributed by atoms with Crippen molar-refractivity contribution in [3.8, 4) is 0 Å². The van der Waals surface area contributed by atoms with Gasteiger partial charge in [-0.1, -0.05) is 34.9 Å². The summed E-state index contributed by atoms with van der Waals surface area (Å²) in [5.41, 5.74) is 2.69. The maximum Gasteiger partial charge on any atom is 0.423 e. The number of carbonyl (C=O) groups is 2. The van der Waals surface area contributed by atoms with Crippen LogP contribution in [0.3, 0.4) is 0 Å². The minimum absolute atomic E-state index is 0.0329. The molecule has 0 saturated carbocycles. The molecule has 0 radical (unpaired) electrons. The van der Waals surface area contributed by atoms with Crippen molar-refractivity contribution in [3.63, 3.8) is 0 Å². The van der Waals surface area contributed by atoms with Crippen molar-refractivity contribution in [1.82, 2.24) is 4.31 Å². The molecule has 0 unspecified atom stereocenters. The van der Waals surface area contributed by atoms with Gasteiger partial charge in [-0.3, -0.25) is 4.79 Å². The fourth-order valence-corrected chi connectivity index (χ4v) is 3.81. The molecule has 0 heterocycles. The predicted octanol–water partition coefficient (Wildman–Crippen LogP) is 3.99. The molecule has 160 valence electrons. The Morgan fingerprint density at radius 2 is 1.66 bits per heavy atom. The van der Waals surface area contributed by atoms with Crippen LogP contribution in [0.4, 0.5) is 4.79 Å². The average Bonchev–Trinajstić information content (AvgIpc) is 2.65. The molecule has 0 fully saturated rings. The van der Waals surface area contributed by atoms with E-state index in [1.807, 2.05) is 26.0 Å². The summed E-state index contributed by atoms with van der Waals surface area (Å²) in [5.74, 6) is -0.331. The molecular weight excluding hydrogens is 394 g/mol. The van der Waals surface area contributed by atoms with E-state index in [4.69, 9.17) is 4.74 Å². The quantitative estimate of drug-likeness (QED) is 0.441. The molecular formula is C21H29NO6S. The summed E-state index contributed by atoms with van der Waals surface area (Å²) in [6.45, 7) is 7.03. The van der Waals surface area contributed by atoms with Crippen LogP contribution in [-0.2, 0) is 24.3 Å². The second-order valence-electron chi connectivity index (χ2n) is 6.74. The van der Waals surface area contributed by atoms with Crippen molar-refractivity contribution >= 4 is 22.1 Å². The largest absolute Gasteiger partial charge is 0.462 e. The molecule has 7 nitrogen and oxygen atoms in total. The summed E-state index contributed by atoms with van der Waals surface area (Å²) in [5, 5.41) is 0. The van der Waals surface area contributed by atoms with E-state index in [9.17, 15) is 18.0 Å². The highest BCUT2D eigenvalue weighted by molar-refractivity contribution is 7.89. The van der Waals surface area contributed by atoms with Gasteiger partial charge in [0.1, 0.15) is 6.61 Å². The smallest absolute Gasteiger partial charge is 0.423 e. The van der Waals surface area contributed by atoms with E-state index in [0.29, 0.717) is 6.42 Å². The van der Waals surface area contributed by atoms with Gasteiger partial charge in [0.15, 0.2) is 0 Å². The molecule has 1 aromatic carbocycles. The number of esters is 1. The number of methoxy groups -OCH3 is 1. The number of carbonyl (C=O) groups excluding carboxylic acids is 2. The van der Waals surface area contributed by atoms with Gasteiger partial charge in [-0.15, -0.1) is 0 Å². The van der Waals surface area contributed by atoms with Gasteiger partial charge in [0, 0.05) is 6.92 Å². The van der Waals surface area contributed by atoms with E-state index in [-0.39, 0.29) is 24.0 Å². The van der Waals surface area contributed by atoms with Crippen molar-refractivity contribution in [2.45, 2.75) is 45.4 Å². The highest BCUT2D eigenvalue weighted by Crippen LogP contribution is 2.19. The lowest BCUT2D eigenvalue weighted by atomic mass is 10.1. The summed E-state index contributed by atoms with van der Waals surface area (Å²) in [6, 6.07) is 6.29. The Kier molecular flexibility index (Phi) is 9.61. The Balaban J connectivity index is 2.85. The molecule has 0 N–H and O–H groups in total. The standard InChI is InChI=1S/C21H29NO6S/c1-16(13-14-28-19(4)23)7-6-8-18(3)15-22(21(24)27-5)29(25,26)20-11-9-17(2)10-12-20/h8-13H,6-7,14-15H2,1-5H3/b16-13+,18-8+. The molecule has 0 aliphatic carbocycles. The van der Waals surface area contributed by atoms with Crippen LogP contribution in [-0.4, -0.2) is 45.0 Å². The fourth-order valence-electron chi connectivity index (χ4n) is 2.43. The van der Waals surface area contributed by atoms with Gasteiger partial charge in [-0.05, 0) is 51.8 Å². The third-order valence-electron chi connectivity index (χ3n) is 4.13. The van der Waals surface area contributed by atoms with Crippen LogP contribution < -0.4 is 0 Å². The monoisotopic (exact) mass is 423 g/mol. The number of rotatable bonds is 9. The highest BCUT2D eigenvalue weighted by Gasteiger charge is 2.30. The number of allylic oxidation sites excluding steroid dienone is 2. The third kappa shape index (κ3) is 8.11. The maximum absolute atomic E-state index is 12.9. The zero-order valence-corrected chi connectivity index (χ0v) is 18.4. The Morgan fingerprint density at radius 3 is 2.21 bits per heavy atom. The number of amides is 1. The lowest BCUT2D eigenvalue weighted by Gasteiger charge is -2.21. The molecule has 29 heavy (non-hydrogen) atoms. The van der Waals surface area contributed by atoms with E-state index < -0.39 is 16.1 Å². The number of sulfonamides is 1. The fraction of sp³-hybridized carbons (Fsp3) is 0.429. The van der Waals surface area contributed by atoms with E-state index in [0.717, 1.165) is 34.5 Å². The number of nitrogens with zero attached hydrogens (tertiary/aromatic N) is 1. The first-order chi connectivity index (χ1) is 13.6. The van der Waals surface area contributed by atoms with Crippen LogP contribution >= 0.6 is 0 Å². The normalized spacial score (nSPS) is 12.4. The summed E-state index contributed by atoms with van der Waals surface area (Å²) in [4.78, 5) is 22.9. The van der Waals surface area contributed by atoms with Gasteiger partial charge >= 0.3 is 12.1 Å². The molecule has 1 rings (SSSR count). The Labute approximate surface area is 173 Å². The Bertz CT molecular complexity index is 869. The first-order valence-electron chi connectivity index (χ1n) is 9.20. The zero-order chi connectivity index (χ0) is 22.0. The van der Waals surface area contributed by atoms with Gasteiger partial charge in [0.05, 0.1) is 18.6 Å².